The summed E-state index contributed by atoms with van der Waals surface area (Å²) in [5.74, 6) is -1.44. The summed E-state index contributed by atoms with van der Waals surface area (Å²) in [5.41, 5.74) is 0.799. The SMILES string of the molecule is N#Cc1ccc(F)cc1CNCC(=O)O. The number of rotatable bonds is 4. The second-order valence-electron chi connectivity index (χ2n) is 2.91. The van der Waals surface area contributed by atoms with Crippen LogP contribution in [0.3, 0.4) is 0 Å². The van der Waals surface area contributed by atoms with Gasteiger partial charge in [-0.1, -0.05) is 0 Å². The number of nitriles is 1. The second-order valence-corrected chi connectivity index (χ2v) is 2.91. The standard InChI is InChI=1S/C10H9FN2O2/c11-9-2-1-7(4-12)8(3-9)5-13-6-10(14)15/h1-3,13H,5-6H2,(H,14,15). The van der Waals surface area contributed by atoms with Crippen molar-refractivity contribution in [3.05, 3.63) is 35.1 Å². The van der Waals surface area contributed by atoms with Gasteiger partial charge in [-0.3, -0.25) is 4.79 Å². The highest BCUT2D eigenvalue weighted by Crippen LogP contribution is 2.09. The van der Waals surface area contributed by atoms with Gasteiger partial charge in [0.05, 0.1) is 18.2 Å². The molecule has 0 amide bonds. The Morgan fingerprint density at radius 1 is 1.60 bits per heavy atom. The summed E-state index contributed by atoms with van der Waals surface area (Å²) < 4.78 is 12.8. The zero-order valence-electron chi connectivity index (χ0n) is 7.83. The number of benzene rings is 1. The molecule has 4 nitrogen and oxygen atoms in total. The normalized spacial score (nSPS) is 9.60. The molecule has 0 aliphatic carbocycles. The average molecular weight is 208 g/mol. The maximum Gasteiger partial charge on any atom is 0.317 e. The van der Waals surface area contributed by atoms with Gasteiger partial charge in [0.1, 0.15) is 5.82 Å². The van der Waals surface area contributed by atoms with E-state index in [1.807, 2.05) is 6.07 Å². The molecule has 78 valence electrons. The molecule has 0 heterocycles. The van der Waals surface area contributed by atoms with E-state index in [9.17, 15) is 9.18 Å². The molecule has 2 N–H and O–H groups in total. The number of hydrogen-bond donors (Lipinski definition) is 2. The molecule has 1 rings (SSSR count). The largest absolute Gasteiger partial charge is 0.480 e. The van der Waals surface area contributed by atoms with E-state index in [-0.39, 0.29) is 13.1 Å². The molecule has 0 bridgehead atoms. The molecule has 15 heavy (non-hydrogen) atoms. The molecule has 0 saturated heterocycles. The van der Waals surface area contributed by atoms with E-state index < -0.39 is 11.8 Å². The molecule has 0 fully saturated rings. The minimum Gasteiger partial charge on any atom is -0.480 e. The zero-order valence-corrected chi connectivity index (χ0v) is 7.83. The van der Waals surface area contributed by atoms with E-state index in [4.69, 9.17) is 10.4 Å². The molecule has 0 spiro atoms. The van der Waals surface area contributed by atoms with Crippen molar-refractivity contribution in [2.45, 2.75) is 6.54 Å². The zero-order chi connectivity index (χ0) is 11.3. The minimum atomic E-state index is -0.995. The van der Waals surface area contributed by atoms with Gasteiger partial charge in [0.2, 0.25) is 0 Å². The predicted molar refractivity (Wildman–Crippen MR) is 50.5 cm³/mol. The maximum absolute atomic E-state index is 12.8. The molecular formula is C10H9FN2O2. The molecule has 1 aromatic carbocycles. The van der Waals surface area contributed by atoms with E-state index in [0.717, 1.165) is 0 Å². The van der Waals surface area contributed by atoms with Gasteiger partial charge in [0.15, 0.2) is 0 Å². The fourth-order valence-electron chi connectivity index (χ4n) is 1.12. The molecule has 0 unspecified atom stereocenters. The van der Waals surface area contributed by atoms with Crippen molar-refractivity contribution in [3.63, 3.8) is 0 Å². The fraction of sp³-hybridized carbons (Fsp3) is 0.200. The number of carbonyl (C=O) groups is 1. The third-order valence-corrected chi connectivity index (χ3v) is 1.78. The Kier molecular flexibility index (Phi) is 3.77. The van der Waals surface area contributed by atoms with Crippen LogP contribution < -0.4 is 5.32 Å². The Morgan fingerprint density at radius 2 is 2.33 bits per heavy atom. The van der Waals surface area contributed by atoms with Crippen molar-refractivity contribution in [3.8, 4) is 6.07 Å². The van der Waals surface area contributed by atoms with E-state index in [1.54, 1.807) is 0 Å². The van der Waals surface area contributed by atoms with Gasteiger partial charge >= 0.3 is 5.97 Å². The van der Waals surface area contributed by atoms with Crippen LogP contribution >= 0.6 is 0 Å². The Balaban J connectivity index is 2.71. The number of hydrogen-bond acceptors (Lipinski definition) is 3. The van der Waals surface area contributed by atoms with E-state index in [1.165, 1.54) is 18.2 Å². The second kappa shape index (κ2) is 5.08. The number of nitrogens with zero attached hydrogens (tertiary/aromatic N) is 1. The van der Waals surface area contributed by atoms with Gasteiger partial charge < -0.3 is 10.4 Å². The molecular weight excluding hydrogens is 199 g/mol. The summed E-state index contributed by atoms with van der Waals surface area (Å²) in [6.07, 6.45) is 0. The van der Waals surface area contributed by atoms with Crippen LogP contribution in [0.4, 0.5) is 4.39 Å². The number of carboxylic acids is 1. The highest BCUT2D eigenvalue weighted by molar-refractivity contribution is 5.69. The molecule has 0 aromatic heterocycles. The maximum atomic E-state index is 12.8. The fourth-order valence-corrected chi connectivity index (χ4v) is 1.12. The highest BCUT2D eigenvalue weighted by Gasteiger charge is 2.04. The van der Waals surface area contributed by atoms with Crippen LogP contribution in [0, 0.1) is 17.1 Å². The first-order valence-electron chi connectivity index (χ1n) is 4.24. The number of halogens is 1. The predicted octanol–water partition coefficient (Wildman–Crippen LogP) is 0.872. The van der Waals surface area contributed by atoms with Crippen molar-refractivity contribution < 1.29 is 14.3 Å². The summed E-state index contributed by atoms with van der Waals surface area (Å²) in [4.78, 5) is 10.2. The lowest BCUT2D eigenvalue weighted by Gasteiger charge is -2.04. The smallest absolute Gasteiger partial charge is 0.317 e. The first kappa shape index (κ1) is 11.1. The van der Waals surface area contributed by atoms with Gasteiger partial charge in [-0.25, -0.2) is 4.39 Å². The van der Waals surface area contributed by atoms with Gasteiger partial charge in [0.25, 0.3) is 0 Å². The van der Waals surface area contributed by atoms with Gasteiger partial charge in [-0.05, 0) is 23.8 Å². The van der Waals surface area contributed by atoms with Crippen LogP contribution in [0.1, 0.15) is 11.1 Å². The van der Waals surface area contributed by atoms with Gasteiger partial charge in [-0.2, -0.15) is 5.26 Å². The molecule has 1 aromatic rings. The van der Waals surface area contributed by atoms with Crippen LogP contribution in [-0.2, 0) is 11.3 Å². The Morgan fingerprint density at radius 3 is 2.93 bits per heavy atom. The lowest BCUT2D eigenvalue weighted by molar-refractivity contribution is -0.135. The van der Waals surface area contributed by atoms with E-state index >= 15 is 0 Å². The molecule has 0 aliphatic rings. The van der Waals surface area contributed by atoms with Gasteiger partial charge in [0, 0.05) is 6.54 Å². The lowest BCUT2D eigenvalue weighted by Crippen LogP contribution is -2.22. The van der Waals surface area contributed by atoms with Crippen LogP contribution in [0.15, 0.2) is 18.2 Å². The number of aliphatic carboxylic acids is 1. The minimum absolute atomic E-state index is 0.160. The summed E-state index contributed by atoms with van der Waals surface area (Å²) >= 11 is 0. The first-order valence-corrected chi connectivity index (χ1v) is 4.24. The highest BCUT2D eigenvalue weighted by atomic mass is 19.1. The number of nitrogens with one attached hydrogen (secondary N) is 1. The molecule has 0 radical (unpaired) electrons. The van der Waals surface area contributed by atoms with Crippen LogP contribution in [0.25, 0.3) is 0 Å². The van der Waals surface area contributed by atoms with Crippen molar-refractivity contribution >= 4 is 5.97 Å². The van der Waals surface area contributed by atoms with Crippen molar-refractivity contribution in [2.24, 2.45) is 0 Å². The van der Waals surface area contributed by atoms with Crippen molar-refractivity contribution in [1.29, 1.82) is 5.26 Å². The van der Waals surface area contributed by atoms with Crippen molar-refractivity contribution in [2.75, 3.05) is 6.54 Å². The van der Waals surface area contributed by atoms with Crippen LogP contribution in [0.2, 0.25) is 0 Å². The third kappa shape index (κ3) is 3.37. The lowest BCUT2D eigenvalue weighted by atomic mass is 10.1. The van der Waals surface area contributed by atoms with E-state index in [0.29, 0.717) is 11.1 Å². The Hall–Kier alpha value is -1.93. The molecule has 0 atom stereocenters. The molecule has 0 aliphatic heterocycles. The molecule has 0 saturated carbocycles. The summed E-state index contributed by atoms with van der Waals surface area (Å²) in [7, 11) is 0. The van der Waals surface area contributed by atoms with Crippen molar-refractivity contribution in [1.82, 2.24) is 5.32 Å². The van der Waals surface area contributed by atoms with Gasteiger partial charge in [-0.15, -0.1) is 0 Å². The summed E-state index contributed by atoms with van der Waals surface area (Å²) in [6, 6.07) is 5.68. The van der Waals surface area contributed by atoms with Crippen LogP contribution in [0.5, 0.6) is 0 Å². The average Bonchev–Trinajstić information content (AvgIpc) is 2.17. The Bertz CT molecular complexity index is 412. The molecule has 5 heteroatoms. The third-order valence-electron chi connectivity index (χ3n) is 1.78. The summed E-state index contributed by atoms with van der Waals surface area (Å²) in [5, 5.41) is 19.7. The first-order chi connectivity index (χ1) is 7.13. The van der Waals surface area contributed by atoms with Crippen LogP contribution in [-0.4, -0.2) is 17.6 Å². The quantitative estimate of drug-likeness (QED) is 0.770. The summed E-state index contributed by atoms with van der Waals surface area (Å²) in [6.45, 7) is -0.0612. The Labute approximate surface area is 86.0 Å². The van der Waals surface area contributed by atoms with E-state index in [2.05, 4.69) is 5.32 Å². The monoisotopic (exact) mass is 208 g/mol. The topological polar surface area (TPSA) is 73.1 Å². The number of carboxylic acid groups (broad SMARTS) is 1.